The highest BCUT2D eigenvalue weighted by atomic mass is 35.5. The molecule has 1 aromatic heterocycles. The SMILES string of the molecule is CC(C)(C)CCN(C=O)CC(=O)c1c(Cl)cncc1Cl. The largest absolute Gasteiger partial charge is 0.338 e. The molecule has 0 aromatic carbocycles. The number of carbonyl (C=O) groups excluding carboxylic acids is 2. The van der Waals surface area contributed by atoms with Crippen molar-refractivity contribution in [2.75, 3.05) is 13.1 Å². The van der Waals surface area contributed by atoms with E-state index in [4.69, 9.17) is 23.2 Å². The lowest BCUT2D eigenvalue weighted by Gasteiger charge is -2.23. The molecule has 1 amide bonds. The number of amides is 1. The van der Waals surface area contributed by atoms with Gasteiger partial charge in [-0.3, -0.25) is 14.6 Å². The van der Waals surface area contributed by atoms with Gasteiger partial charge in [0.15, 0.2) is 5.78 Å². The smallest absolute Gasteiger partial charge is 0.210 e. The highest BCUT2D eigenvalue weighted by molar-refractivity contribution is 6.39. The fourth-order valence-corrected chi connectivity index (χ4v) is 2.16. The zero-order chi connectivity index (χ0) is 15.3. The van der Waals surface area contributed by atoms with Crippen LogP contribution in [0.15, 0.2) is 12.4 Å². The maximum atomic E-state index is 12.2. The molecule has 1 heterocycles. The van der Waals surface area contributed by atoms with Crippen LogP contribution in [0.25, 0.3) is 0 Å². The molecule has 4 nitrogen and oxygen atoms in total. The number of carbonyl (C=O) groups is 2. The lowest BCUT2D eigenvalue weighted by molar-refractivity contribution is -0.118. The van der Waals surface area contributed by atoms with Crippen LogP contribution in [-0.4, -0.2) is 35.2 Å². The van der Waals surface area contributed by atoms with E-state index in [-0.39, 0.29) is 33.4 Å². The number of nitrogens with zero attached hydrogens (tertiary/aromatic N) is 2. The molecule has 110 valence electrons. The van der Waals surface area contributed by atoms with Gasteiger partial charge in [0.05, 0.1) is 22.2 Å². The molecule has 6 heteroatoms. The summed E-state index contributed by atoms with van der Waals surface area (Å²) in [5.41, 5.74) is 0.307. The van der Waals surface area contributed by atoms with Crippen molar-refractivity contribution in [1.82, 2.24) is 9.88 Å². The van der Waals surface area contributed by atoms with Crippen LogP contribution >= 0.6 is 23.2 Å². The van der Waals surface area contributed by atoms with Crippen molar-refractivity contribution >= 4 is 35.4 Å². The van der Waals surface area contributed by atoms with E-state index < -0.39 is 0 Å². The number of rotatable bonds is 6. The van der Waals surface area contributed by atoms with Gasteiger partial charge in [0.1, 0.15) is 0 Å². The molecule has 0 aliphatic heterocycles. The summed E-state index contributed by atoms with van der Waals surface area (Å²) in [6.07, 6.45) is 4.20. The highest BCUT2D eigenvalue weighted by Gasteiger charge is 2.19. The zero-order valence-electron chi connectivity index (χ0n) is 11.8. The van der Waals surface area contributed by atoms with Crippen LogP contribution in [0.1, 0.15) is 37.6 Å². The molecule has 0 bridgehead atoms. The Kier molecular flexibility index (Phi) is 5.96. The molecule has 20 heavy (non-hydrogen) atoms. The molecule has 0 spiro atoms. The van der Waals surface area contributed by atoms with Gasteiger partial charge >= 0.3 is 0 Å². The van der Waals surface area contributed by atoms with Gasteiger partial charge in [-0.1, -0.05) is 44.0 Å². The minimum absolute atomic E-state index is 0.0387. The Morgan fingerprint density at radius 1 is 1.30 bits per heavy atom. The summed E-state index contributed by atoms with van der Waals surface area (Å²) < 4.78 is 0. The van der Waals surface area contributed by atoms with Gasteiger partial charge in [0.25, 0.3) is 0 Å². The second-order valence-electron chi connectivity index (χ2n) is 5.79. The Hall–Kier alpha value is -1.13. The van der Waals surface area contributed by atoms with Crippen LogP contribution in [0, 0.1) is 5.41 Å². The van der Waals surface area contributed by atoms with E-state index in [1.807, 2.05) is 0 Å². The molecule has 1 aromatic rings. The number of Topliss-reactive ketones (excluding diaryl/α,β-unsaturated/α-hetero) is 1. The van der Waals surface area contributed by atoms with E-state index in [2.05, 4.69) is 25.8 Å². The Labute approximate surface area is 129 Å². The third-order valence-electron chi connectivity index (χ3n) is 2.78. The third-order valence-corrected chi connectivity index (χ3v) is 3.35. The monoisotopic (exact) mass is 316 g/mol. The second-order valence-corrected chi connectivity index (χ2v) is 6.60. The van der Waals surface area contributed by atoms with Crippen molar-refractivity contribution in [1.29, 1.82) is 0 Å². The highest BCUT2D eigenvalue weighted by Crippen LogP contribution is 2.24. The lowest BCUT2D eigenvalue weighted by Crippen LogP contribution is -2.31. The molecule has 0 saturated heterocycles. The number of hydrogen-bond acceptors (Lipinski definition) is 3. The number of aromatic nitrogens is 1. The van der Waals surface area contributed by atoms with Crippen LogP contribution in [0.3, 0.4) is 0 Å². The molecule has 0 aliphatic carbocycles. The fourth-order valence-electron chi connectivity index (χ4n) is 1.59. The third kappa shape index (κ3) is 5.10. The molecule has 0 fully saturated rings. The van der Waals surface area contributed by atoms with Crippen molar-refractivity contribution in [3.8, 4) is 0 Å². The second kappa shape index (κ2) is 7.04. The Morgan fingerprint density at radius 3 is 2.30 bits per heavy atom. The number of ketones is 1. The standard InChI is InChI=1S/C14H18Cl2N2O2/c1-14(2,3)4-5-18(9-19)8-12(20)13-10(15)6-17-7-11(13)16/h6-7,9H,4-5,8H2,1-3H3. The van der Waals surface area contributed by atoms with E-state index >= 15 is 0 Å². The summed E-state index contributed by atoms with van der Waals surface area (Å²) in [6.45, 7) is 6.71. The number of pyridine rings is 1. The summed E-state index contributed by atoms with van der Waals surface area (Å²) in [5.74, 6) is -0.289. The van der Waals surface area contributed by atoms with Crippen molar-refractivity contribution < 1.29 is 9.59 Å². The van der Waals surface area contributed by atoms with Gasteiger partial charge in [-0.2, -0.15) is 0 Å². The minimum Gasteiger partial charge on any atom is -0.338 e. The summed E-state index contributed by atoms with van der Waals surface area (Å²) >= 11 is 11.9. The average Bonchev–Trinajstić information content (AvgIpc) is 2.33. The number of halogens is 2. The van der Waals surface area contributed by atoms with E-state index in [0.717, 1.165) is 6.42 Å². The van der Waals surface area contributed by atoms with Crippen molar-refractivity contribution in [3.63, 3.8) is 0 Å². The fraction of sp³-hybridized carbons (Fsp3) is 0.500. The summed E-state index contributed by atoms with van der Waals surface area (Å²) in [5, 5.41) is 0.397. The Bertz CT molecular complexity index is 478. The first-order chi connectivity index (χ1) is 9.24. The van der Waals surface area contributed by atoms with Gasteiger partial charge in [0.2, 0.25) is 6.41 Å². The first-order valence-corrected chi connectivity index (χ1v) is 7.02. The Balaban J connectivity index is 2.75. The molecule has 1 rings (SSSR count). The number of hydrogen-bond donors (Lipinski definition) is 0. The average molecular weight is 317 g/mol. The van der Waals surface area contributed by atoms with Gasteiger partial charge < -0.3 is 4.90 Å². The summed E-state index contributed by atoms with van der Waals surface area (Å²) in [4.78, 5) is 28.5. The van der Waals surface area contributed by atoms with E-state index in [1.54, 1.807) is 0 Å². The summed E-state index contributed by atoms with van der Waals surface area (Å²) in [7, 11) is 0. The molecular formula is C14H18Cl2N2O2. The molecule has 0 atom stereocenters. The topological polar surface area (TPSA) is 50.3 Å². The lowest BCUT2D eigenvalue weighted by atomic mass is 9.92. The summed E-state index contributed by atoms with van der Waals surface area (Å²) in [6, 6.07) is 0. The molecule has 0 unspecified atom stereocenters. The first kappa shape index (κ1) is 16.9. The van der Waals surface area contributed by atoms with Gasteiger partial charge in [0, 0.05) is 18.9 Å². The van der Waals surface area contributed by atoms with Crippen LogP contribution in [-0.2, 0) is 4.79 Å². The van der Waals surface area contributed by atoms with Crippen molar-refractivity contribution in [3.05, 3.63) is 28.0 Å². The normalized spacial score (nSPS) is 11.2. The first-order valence-electron chi connectivity index (χ1n) is 6.26. The van der Waals surface area contributed by atoms with E-state index in [0.29, 0.717) is 13.0 Å². The van der Waals surface area contributed by atoms with Gasteiger partial charge in [-0.15, -0.1) is 0 Å². The van der Waals surface area contributed by atoms with Gasteiger partial charge in [-0.05, 0) is 11.8 Å². The molecular weight excluding hydrogens is 299 g/mol. The van der Waals surface area contributed by atoms with Crippen molar-refractivity contribution in [2.24, 2.45) is 5.41 Å². The molecule has 0 aliphatic rings. The van der Waals surface area contributed by atoms with Crippen LogP contribution in [0.4, 0.5) is 0 Å². The predicted octanol–water partition coefficient (Wildman–Crippen LogP) is 3.47. The molecule has 0 radical (unpaired) electrons. The maximum absolute atomic E-state index is 12.2. The Morgan fingerprint density at radius 2 is 1.85 bits per heavy atom. The minimum atomic E-state index is -0.289. The van der Waals surface area contributed by atoms with Gasteiger partial charge in [-0.25, -0.2) is 0 Å². The van der Waals surface area contributed by atoms with E-state index in [9.17, 15) is 9.59 Å². The molecule has 0 saturated carbocycles. The quantitative estimate of drug-likeness (QED) is 0.596. The van der Waals surface area contributed by atoms with E-state index in [1.165, 1.54) is 17.3 Å². The van der Waals surface area contributed by atoms with Crippen LogP contribution in [0.5, 0.6) is 0 Å². The van der Waals surface area contributed by atoms with Crippen LogP contribution in [0.2, 0.25) is 10.0 Å². The predicted molar refractivity (Wildman–Crippen MR) is 80.3 cm³/mol. The maximum Gasteiger partial charge on any atom is 0.210 e. The molecule has 0 N–H and O–H groups in total. The zero-order valence-corrected chi connectivity index (χ0v) is 13.3. The van der Waals surface area contributed by atoms with Crippen LogP contribution < -0.4 is 0 Å². The van der Waals surface area contributed by atoms with Crippen molar-refractivity contribution in [2.45, 2.75) is 27.2 Å².